The van der Waals surface area contributed by atoms with E-state index in [9.17, 15) is 31.1 Å². The van der Waals surface area contributed by atoms with Crippen LogP contribution in [0.3, 0.4) is 0 Å². The number of carbonyl (C=O) groups is 1. The maximum Gasteiger partial charge on any atom is 0.422 e. The normalized spacial score (nSPS) is 12.2. The van der Waals surface area contributed by atoms with Crippen LogP contribution in [0, 0.1) is 0 Å². The van der Waals surface area contributed by atoms with Crippen LogP contribution in [-0.2, 0) is 11.0 Å². The van der Waals surface area contributed by atoms with Crippen LogP contribution in [0.25, 0.3) is 0 Å². The summed E-state index contributed by atoms with van der Waals surface area (Å²) in [7, 11) is 2.33. The number of ether oxygens (including phenoxy) is 1. The zero-order valence-corrected chi connectivity index (χ0v) is 11.4. The van der Waals surface area contributed by atoms with Crippen molar-refractivity contribution in [2.24, 2.45) is 0 Å². The molecule has 22 heavy (non-hydrogen) atoms. The average molecular weight is 331 g/mol. The largest absolute Gasteiger partial charge is 0.483 e. The number of nitrogens with zero attached hydrogens (tertiary/aromatic N) is 1. The van der Waals surface area contributed by atoms with Gasteiger partial charge in [0.25, 0.3) is 5.91 Å². The summed E-state index contributed by atoms with van der Waals surface area (Å²) in [5, 5.41) is 0.704. The van der Waals surface area contributed by atoms with Crippen LogP contribution in [0.5, 0.6) is 5.75 Å². The second kappa shape index (κ2) is 6.42. The van der Waals surface area contributed by atoms with Gasteiger partial charge in [0.2, 0.25) is 0 Å². The molecule has 0 heterocycles. The summed E-state index contributed by atoms with van der Waals surface area (Å²) in [4.78, 5) is 16.3. The number of hydrogen-bond donors (Lipinski definition) is 0. The summed E-state index contributed by atoms with van der Waals surface area (Å²) in [6.07, 6.45) is -9.73. The van der Waals surface area contributed by atoms with Gasteiger partial charge < -0.3 is 4.74 Å². The molecule has 10 heteroatoms. The van der Waals surface area contributed by atoms with Crippen molar-refractivity contribution in [2.75, 3.05) is 20.8 Å². The zero-order valence-electron chi connectivity index (χ0n) is 11.4. The Hall–Kier alpha value is -1.97. The van der Waals surface area contributed by atoms with E-state index in [2.05, 4.69) is 9.57 Å². The minimum atomic E-state index is -4.92. The van der Waals surface area contributed by atoms with Gasteiger partial charge >= 0.3 is 12.4 Å². The minimum Gasteiger partial charge on any atom is -0.483 e. The Bertz CT molecular complexity index is 541. The van der Waals surface area contributed by atoms with Crippen molar-refractivity contribution in [1.82, 2.24) is 5.06 Å². The molecule has 0 aromatic heterocycles. The molecule has 124 valence electrons. The SMILES string of the molecule is CON(C)C(=O)c1ccc(C(F)(F)F)c(OCC(F)(F)F)c1. The molecule has 0 N–H and O–H groups in total. The summed E-state index contributed by atoms with van der Waals surface area (Å²) >= 11 is 0. The lowest BCUT2D eigenvalue weighted by Crippen LogP contribution is -2.26. The van der Waals surface area contributed by atoms with Crippen LogP contribution in [-0.4, -0.2) is 37.9 Å². The van der Waals surface area contributed by atoms with E-state index in [0.29, 0.717) is 17.2 Å². The molecule has 1 rings (SSSR count). The first-order valence-corrected chi connectivity index (χ1v) is 5.68. The lowest BCUT2D eigenvalue weighted by atomic mass is 10.1. The van der Waals surface area contributed by atoms with Crippen molar-refractivity contribution >= 4 is 5.91 Å². The molecule has 1 aromatic carbocycles. The third-order valence-electron chi connectivity index (χ3n) is 2.49. The molecule has 0 aliphatic heterocycles. The summed E-state index contributed by atoms with van der Waals surface area (Å²) in [6, 6.07) is 1.88. The number of amides is 1. The highest BCUT2D eigenvalue weighted by atomic mass is 19.4. The fourth-order valence-electron chi connectivity index (χ4n) is 1.43. The van der Waals surface area contributed by atoms with Crippen molar-refractivity contribution < 1.29 is 40.7 Å². The van der Waals surface area contributed by atoms with Gasteiger partial charge in [-0.15, -0.1) is 0 Å². The molecule has 0 aliphatic carbocycles. The summed E-state index contributed by atoms with van der Waals surface area (Å²) in [5.74, 6) is -1.92. The van der Waals surface area contributed by atoms with Gasteiger partial charge in [0.1, 0.15) is 5.75 Å². The number of carbonyl (C=O) groups excluding carboxylic acids is 1. The van der Waals surface area contributed by atoms with Crippen LogP contribution >= 0.6 is 0 Å². The first-order valence-electron chi connectivity index (χ1n) is 5.68. The highest BCUT2D eigenvalue weighted by Crippen LogP contribution is 2.37. The van der Waals surface area contributed by atoms with E-state index in [-0.39, 0.29) is 5.56 Å². The molecule has 0 fully saturated rings. The maximum atomic E-state index is 12.7. The van der Waals surface area contributed by atoms with Gasteiger partial charge in [-0.1, -0.05) is 0 Å². The molecule has 1 amide bonds. The molecule has 0 radical (unpaired) electrons. The Morgan fingerprint density at radius 1 is 1.18 bits per heavy atom. The van der Waals surface area contributed by atoms with Crippen LogP contribution < -0.4 is 4.74 Å². The first kappa shape index (κ1) is 18.1. The molecule has 4 nitrogen and oxygen atoms in total. The van der Waals surface area contributed by atoms with Gasteiger partial charge in [-0.05, 0) is 18.2 Å². The summed E-state index contributed by atoms with van der Waals surface area (Å²) in [5.41, 5.74) is -1.72. The van der Waals surface area contributed by atoms with E-state index in [1.807, 2.05) is 0 Å². The maximum absolute atomic E-state index is 12.7. The molecule has 1 aromatic rings. The van der Waals surface area contributed by atoms with Crippen molar-refractivity contribution in [3.63, 3.8) is 0 Å². The topological polar surface area (TPSA) is 38.8 Å². The van der Waals surface area contributed by atoms with E-state index in [1.165, 1.54) is 7.05 Å². The van der Waals surface area contributed by atoms with Crippen LogP contribution in [0.1, 0.15) is 15.9 Å². The van der Waals surface area contributed by atoms with Gasteiger partial charge in [-0.25, -0.2) is 5.06 Å². The fraction of sp³-hybridized carbons (Fsp3) is 0.417. The van der Waals surface area contributed by atoms with E-state index >= 15 is 0 Å². The summed E-state index contributed by atoms with van der Waals surface area (Å²) in [6.45, 7) is -1.91. The van der Waals surface area contributed by atoms with E-state index < -0.39 is 36.2 Å². The first-order chi connectivity index (χ1) is 9.95. The monoisotopic (exact) mass is 331 g/mol. The zero-order chi connectivity index (χ0) is 17.1. The summed E-state index contributed by atoms with van der Waals surface area (Å²) < 4.78 is 78.7. The highest BCUT2D eigenvalue weighted by molar-refractivity contribution is 5.93. The smallest absolute Gasteiger partial charge is 0.422 e. The Morgan fingerprint density at radius 2 is 1.77 bits per heavy atom. The lowest BCUT2D eigenvalue weighted by Gasteiger charge is -2.18. The van der Waals surface area contributed by atoms with Crippen molar-refractivity contribution in [1.29, 1.82) is 0 Å². The van der Waals surface area contributed by atoms with Crippen molar-refractivity contribution in [3.8, 4) is 5.75 Å². The molecule has 0 saturated heterocycles. The number of hydroxylamine groups is 2. The number of alkyl halides is 6. The average Bonchev–Trinajstić information content (AvgIpc) is 2.41. The molecule has 0 unspecified atom stereocenters. The Labute approximate surface area is 121 Å². The van der Waals surface area contributed by atoms with Crippen LogP contribution in [0.15, 0.2) is 18.2 Å². The fourth-order valence-corrected chi connectivity index (χ4v) is 1.43. The number of hydrogen-bond acceptors (Lipinski definition) is 3. The predicted molar refractivity (Wildman–Crippen MR) is 62.1 cm³/mol. The molecule has 0 atom stereocenters. The number of benzene rings is 1. The standard InChI is InChI=1S/C12H11F6NO3/c1-19(21-2)10(20)7-3-4-8(12(16,17)18)9(5-7)22-6-11(13,14)15/h3-5H,6H2,1-2H3. The third kappa shape index (κ3) is 4.79. The Morgan fingerprint density at radius 3 is 2.23 bits per heavy atom. The second-order valence-electron chi connectivity index (χ2n) is 4.10. The highest BCUT2D eigenvalue weighted by Gasteiger charge is 2.36. The predicted octanol–water partition coefficient (Wildman–Crippen LogP) is 3.28. The van der Waals surface area contributed by atoms with Crippen LogP contribution in [0.2, 0.25) is 0 Å². The molecule has 0 aliphatic rings. The number of halogens is 6. The van der Waals surface area contributed by atoms with E-state index in [4.69, 9.17) is 0 Å². The van der Waals surface area contributed by atoms with E-state index in [1.54, 1.807) is 0 Å². The van der Waals surface area contributed by atoms with Gasteiger partial charge in [0.15, 0.2) is 6.61 Å². The van der Waals surface area contributed by atoms with Crippen molar-refractivity contribution in [3.05, 3.63) is 29.3 Å². The molecule has 0 bridgehead atoms. The molecule has 0 saturated carbocycles. The Balaban J connectivity index is 3.19. The number of rotatable bonds is 4. The lowest BCUT2D eigenvalue weighted by molar-refractivity contribution is -0.158. The second-order valence-corrected chi connectivity index (χ2v) is 4.10. The van der Waals surface area contributed by atoms with E-state index in [0.717, 1.165) is 13.2 Å². The molecular formula is C12H11F6NO3. The third-order valence-corrected chi connectivity index (χ3v) is 2.49. The van der Waals surface area contributed by atoms with Gasteiger partial charge in [-0.3, -0.25) is 9.63 Å². The minimum absolute atomic E-state index is 0.311. The quantitative estimate of drug-likeness (QED) is 0.628. The van der Waals surface area contributed by atoms with Crippen molar-refractivity contribution in [2.45, 2.75) is 12.4 Å². The molecular weight excluding hydrogens is 320 g/mol. The van der Waals surface area contributed by atoms with Gasteiger partial charge in [-0.2, -0.15) is 26.3 Å². The van der Waals surface area contributed by atoms with Crippen LogP contribution in [0.4, 0.5) is 26.3 Å². The van der Waals surface area contributed by atoms with Gasteiger partial charge in [0.05, 0.1) is 12.7 Å². The molecule has 0 spiro atoms. The Kier molecular flexibility index (Phi) is 5.28. The van der Waals surface area contributed by atoms with Gasteiger partial charge in [0, 0.05) is 12.6 Å².